The van der Waals surface area contributed by atoms with E-state index in [9.17, 15) is 22.4 Å². The number of sulfonamides is 1. The van der Waals surface area contributed by atoms with E-state index >= 15 is 0 Å². The molecule has 0 saturated heterocycles. The summed E-state index contributed by atoms with van der Waals surface area (Å²) in [6.07, 6.45) is 1.96. The molecule has 0 saturated carbocycles. The summed E-state index contributed by atoms with van der Waals surface area (Å²) < 4.78 is 40.5. The Bertz CT molecular complexity index is 1470. The van der Waals surface area contributed by atoms with Gasteiger partial charge in [0.2, 0.25) is 21.8 Å². The first-order valence-corrected chi connectivity index (χ1v) is 16.3. The highest BCUT2D eigenvalue weighted by atomic mass is 35.5. The SMILES string of the molecule is CC[C@@H](C)NC(=O)[C@H](Cc1ccccc1)N(Cc1ccc(Cl)cc1Cl)C(=O)CCCN(c1ccccc1F)S(C)(=O)=O. The Morgan fingerprint density at radius 3 is 2.29 bits per heavy atom. The van der Waals surface area contributed by atoms with Crippen LogP contribution in [0.4, 0.5) is 10.1 Å². The van der Waals surface area contributed by atoms with Crippen LogP contribution in [0.25, 0.3) is 0 Å². The smallest absolute Gasteiger partial charge is 0.243 e. The highest BCUT2D eigenvalue weighted by Crippen LogP contribution is 2.26. The number of hydrogen-bond acceptors (Lipinski definition) is 4. The van der Waals surface area contributed by atoms with Crippen molar-refractivity contribution in [3.05, 3.63) is 99.8 Å². The van der Waals surface area contributed by atoms with Crippen LogP contribution in [-0.4, -0.2) is 50.0 Å². The van der Waals surface area contributed by atoms with Gasteiger partial charge in [0, 0.05) is 42.0 Å². The summed E-state index contributed by atoms with van der Waals surface area (Å²) in [4.78, 5) is 29.0. The number of para-hydroxylation sites is 1. The van der Waals surface area contributed by atoms with Crippen LogP contribution in [0.5, 0.6) is 0 Å². The average molecular weight is 637 g/mol. The summed E-state index contributed by atoms with van der Waals surface area (Å²) in [5.74, 6) is -1.36. The third kappa shape index (κ3) is 9.44. The van der Waals surface area contributed by atoms with Gasteiger partial charge in [-0.1, -0.05) is 78.7 Å². The Balaban J connectivity index is 1.93. The maximum absolute atomic E-state index is 14.5. The Kier molecular flexibility index (Phi) is 12.2. The fraction of sp³-hybridized carbons (Fsp3) is 0.355. The van der Waals surface area contributed by atoms with E-state index in [1.165, 1.54) is 23.1 Å². The second-order valence-electron chi connectivity index (χ2n) is 10.2. The lowest BCUT2D eigenvalue weighted by atomic mass is 10.0. The topological polar surface area (TPSA) is 86.8 Å². The van der Waals surface area contributed by atoms with E-state index in [4.69, 9.17) is 23.2 Å². The van der Waals surface area contributed by atoms with Crippen molar-refractivity contribution >= 4 is 50.7 Å². The quantitative estimate of drug-likeness (QED) is 0.227. The van der Waals surface area contributed by atoms with Crippen molar-refractivity contribution in [2.75, 3.05) is 17.1 Å². The number of carbonyl (C=O) groups excluding carboxylic acids is 2. The Morgan fingerprint density at radius 1 is 1.00 bits per heavy atom. The van der Waals surface area contributed by atoms with Crippen LogP contribution in [0, 0.1) is 5.82 Å². The summed E-state index contributed by atoms with van der Waals surface area (Å²) in [5, 5.41) is 3.79. The number of nitrogens with zero attached hydrogens (tertiary/aromatic N) is 2. The molecule has 2 atom stereocenters. The van der Waals surface area contributed by atoms with Gasteiger partial charge in [0.15, 0.2) is 0 Å². The second-order valence-corrected chi connectivity index (χ2v) is 12.9. The molecule has 3 aromatic rings. The van der Waals surface area contributed by atoms with Crippen LogP contribution in [0.1, 0.15) is 44.2 Å². The van der Waals surface area contributed by atoms with Crippen LogP contribution in [0.2, 0.25) is 10.0 Å². The number of rotatable bonds is 14. The van der Waals surface area contributed by atoms with Crippen LogP contribution in [-0.2, 0) is 32.6 Å². The zero-order valence-corrected chi connectivity index (χ0v) is 26.2. The molecular weight excluding hydrogens is 600 g/mol. The molecule has 1 N–H and O–H groups in total. The van der Waals surface area contributed by atoms with Gasteiger partial charge in [0.1, 0.15) is 11.9 Å². The number of carbonyl (C=O) groups is 2. The first kappa shape index (κ1) is 33.4. The van der Waals surface area contributed by atoms with Gasteiger partial charge in [0.05, 0.1) is 11.9 Å². The molecule has 0 fully saturated rings. The molecule has 0 aliphatic rings. The molecule has 226 valence electrons. The standard InChI is InChI=1S/C31H36Cl2FN3O4S/c1-4-22(2)35-31(39)29(19-23-11-6-5-7-12-23)36(21-24-16-17-25(32)20-26(24)33)30(38)15-10-18-37(42(3,40)41)28-14-9-8-13-27(28)34/h5-9,11-14,16-17,20,22,29H,4,10,15,18-19,21H2,1-3H3,(H,35,39)/t22-,29+/m1/s1. The molecule has 3 rings (SSSR count). The zero-order chi connectivity index (χ0) is 30.9. The zero-order valence-electron chi connectivity index (χ0n) is 23.9. The second kappa shape index (κ2) is 15.4. The fourth-order valence-electron chi connectivity index (χ4n) is 4.46. The van der Waals surface area contributed by atoms with Gasteiger partial charge in [-0.15, -0.1) is 0 Å². The van der Waals surface area contributed by atoms with Gasteiger partial charge in [-0.25, -0.2) is 12.8 Å². The third-order valence-electron chi connectivity index (χ3n) is 6.90. The third-order valence-corrected chi connectivity index (χ3v) is 8.67. The molecule has 0 unspecified atom stereocenters. The van der Waals surface area contributed by atoms with Gasteiger partial charge < -0.3 is 10.2 Å². The minimum absolute atomic E-state index is 0.0311. The Hall–Kier alpha value is -3.14. The number of amides is 2. The van der Waals surface area contributed by atoms with Gasteiger partial charge in [-0.3, -0.25) is 13.9 Å². The molecule has 2 amide bonds. The van der Waals surface area contributed by atoms with Gasteiger partial charge >= 0.3 is 0 Å². The summed E-state index contributed by atoms with van der Waals surface area (Å²) in [7, 11) is -3.83. The normalized spacial score (nSPS) is 12.8. The van der Waals surface area contributed by atoms with E-state index in [0.717, 1.165) is 16.1 Å². The molecule has 42 heavy (non-hydrogen) atoms. The maximum Gasteiger partial charge on any atom is 0.243 e. The van der Waals surface area contributed by atoms with Crippen molar-refractivity contribution in [2.45, 2.75) is 58.2 Å². The van der Waals surface area contributed by atoms with Crippen molar-refractivity contribution in [1.82, 2.24) is 10.2 Å². The summed E-state index contributed by atoms with van der Waals surface area (Å²) in [6.45, 7) is 3.76. The van der Waals surface area contributed by atoms with E-state index < -0.39 is 21.9 Å². The molecule has 0 aliphatic carbocycles. The van der Waals surface area contributed by atoms with Gasteiger partial charge in [-0.2, -0.15) is 0 Å². The number of halogens is 3. The van der Waals surface area contributed by atoms with Crippen molar-refractivity contribution in [3.63, 3.8) is 0 Å². The van der Waals surface area contributed by atoms with Crippen molar-refractivity contribution < 1.29 is 22.4 Å². The maximum atomic E-state index is 14.5. The molecule has 0 bridgehead atoms. The van der Waals surface area contributed by atoms with Gasteiger partial charge in [0.25, 0.3) is 0 Å². The molecule has 0 radical (unpaired) electrons. The van der Waals surface area contributed by atoms with E-state index in [1.54, 1.807) is 24.3 Å². The number of nitrogens with one attached hydrogen (secondary N) is 1. The van der Waals surface area contributed by atoms with Crippen LogP contribution in [0.3, 0.4) is 0 Å². The van der Waals surface area contributed by atoms with Crippen LogP contribution >= 0.6 is 23.2 Å². The lowest BCUT2D eigenvalue weighted by Crippen LogP contribution is -2.52. The molecule has 0 heterocycles. The van der Waals surface area contributed by atoms with E-state index in [1.807, 2.05) is 44.2 Å². The molecule has 7 nitrogen and oxygen atoms in total. The predicted octanol–water partition coefficient (Wildman–Crippen LogP) is 6.23. The van der Waals surface area contributed by atoms with Gasteiger partial charge in [-0.05, 0) is 55.2 Å². The molecule has 0 spiro atoms. The fourth-order valence-corrected chi connectivity index (χ4v) is 5.90. The Morgan fingerprint density at radius 2 is 1.67 bits per heavy atom. The number of hydrogen-bond donors (Lipinski definition) is 1. The molecule has 3 aromatic carbocycles. The number of anilines is 1. The minimum Gasteiger partial charge on any atom is -0.352 e. The highest BCUT2D eigenvalue weighted by Gasteiger charge is 2.31. The summed E-state index contributed by atoms with van der Waals surface area (Å²) in [5.41, 5.74) is 1.38. The lowest BCUT2D eigenvalue weighted by Gasteiger charge is -2.33. The molecule has 0 aliphatic heterocycles. The van der Waals surface area contributed by atoms with E-state index in [2.05, 4.69) is 5.32 Å². The molecular formula is C31H36Cl2FN3O4S. The van der Waals surface area contributed by atoms with Crippen molar-refractivity contribution in [1.29, 1.82) is 0 Å². The summed E-state index contributed by atoms with van der Waals surface area (Å²) in [6, 6.07) is 18.9. The monoisotopic (exact) mass is 635 g/mol. The predicted molar refractivity (Wildman–Crippen MR) is 167 cm³/mol. The minimum atomic E-state index is -3.83. The van der Waals surface area contributed by atoms with E-state index in [0.29, 0.717) is 22.0 Å². The van der Waals surface area contributed by atoms with Crippen molar-refractivity contribution in [2.24, 2.45) is 0 Å². The van der Waals surface area contributed by atoms with E-state index in [-0.39, 0.29) is 55.9 Å². The lowest BCUT2D eigenvalue weighted by molar-refractivity contribution is -0.141. The van der Waals surface area contributed by atoms with Crippen LogP contribution < -0.4 is 9.62 Å². The molecule has 0 aromatic heterocycles. The molecule has 11 heteroatoms. The first-order chi connectivity index (χ1) is 19.9. The van der Waals surface area contributed by atoms with Crippen molar-refractivity contribution in [3.8, 4) is 0 Å². The van der Waals surface area contributed by atoms with Crippen LogP contribution in [0.15, 0.2) is 72.8 Å². The summed E-state index contributed by atoms with van der Waals surface area (Å²) >= 11 is 12.6. The first-order valence-electron chi connectivity index (χ1n) is 13.7. The number of benzene rings is 3. The largest absolute Gasteiger partial charge is 0.352 e. The average Bonchev–Trinajstić information content (AvgIpc) is 2.94. The Labute approximate surface area is 257 Å². The highest BCUT2D eigenvalue weighted by molar-refractivity contribution is 7.92.